The molecule has 154 valence electrons. The van der Waals surface area contributed by atoms with Crippen LogP contribution in [0.4, 0.5) is 5.13 Å². The van der Waals surface area contributed by atoms with E-state index in [-0.39, 0.29) is 18.0 Å². The van der Waals surface area contributed by atoms with Crippen LogP contribution in [0.5, 0.6) is 0 Å². The molecule has 0 saturated carbocycles. The lowest BCUT2D eigenvalue weighted by Crippen LogP contribution is -2.38. The Labute approximate surface area is 174 Å². The number of nitrogens with one attached hydrogen (secondary N) is 1. The summed E-state index contributed by atoms with van der Waals surface area (Å²) in [5, 5.41) is 5.72. The molecule has 0 aliphatic heterocycles. The van der Waals surface area contributed by atoms with Crippen LogP contribution < -0.4 is 5.32 Å². The number of sulfonamides is 1. The molecule has 0 aliphatic rings. The molecular formula is C20H24N4O3S2. The molecule has 0 aliphatic carbocycles. The minimum Gasteiger partial charge on any atom is -0.301 e. The number of fused-ring (bicyclic) bond motifs is 1. The number of unbranched alkanes of at least 4 members (excludes halogenated alkanes) is 2. The summed E-state index contributed by atoms with van der Waals surface area (Å²) in [5.74, 6) is -0.410. The third-order valence-corrected chi connectivity index (χ3v) is 7.16. The normalized spacial score (nSPS) is 11.8. The fourth-order valence-electron chi connectivity index (χ4n) is 2.98. The molecule has 0 fully saturated rings. The van der Waals surface area contributed by atoms with Gasteiger partial charge in [-0.05, 0) is 25.5 Å². The topological polar surface area (TPSA) is 92.3 Å². The van der Waals surface area contributed by atoms with E-state index in [9.17, 15) is 13.2 Å². The van der Waals surface area contributed by atoms with E-state index in [4.69, 9.17) is 0 Å². The number of hydrogen-bond donors (Lipinski definition) is 1. The Bertz CT molecular complexity index is 1090. The second-order valence-electron chi connectivity index (χ2n) is 6.72. The first-order valence-electron chi connectivity index (χ1n) is 9.47. The van der Waals surface area contributed by atoms with Crippen molar-refractivity contribution in [3.05, 3.63) is 47.6 Å². The first kappa shape index (κ1) is 21.4. The average molecular weight is 433 g/mol. The van der Waals surface area contributed by atoms with Crippen molar-refractivity contribution in [1.82, 2.24) is 14.3 Å². The summed E-state index contributed by atoms with van der Waals surface area (Å²) in [4.78, 5) is 21.1. The van der Waals surface area contributed by atoms with Crippen LogP contribution >= 0.6 is 11.3 Å². The lowest BCUT2D eigenvalue weighted by Gasteiger charge is -2.22. The predicted octanol–water partition coefficient (Wildman–Crippen LogP) is 3.82. The molecule has 3 aromatic rings. The van der Waals surface area contributed by atoms with Gasteiger partial charge in [-0.25, -0.2) is 13.4 Å². The Balaban J connectivity index is 1.88. The highest BCUT2D eigenvalue weighted by atomic mass is 32.2. The van der Waals surface area contributed by atoms with E-state index < -0.39 is 15.9 Å². The molecular weight excluding hydrogens is 408 g/mol. The molecule has 0 unspecified atom stereocenters. The van der Waals surface area contributed by atoms with Crippen LogP contribution in [0, 0.1) is 6.92 Å². The van der Waals surface area contributed by atoms with Gasteiger partial charge < -0.3 is 5.32 Å². The number of thiazole rings is 1. The van der Waals surface area contributed by atoms with Gasteiger partial charge in [0.2, 0.25) is 15.9 Å². The maximum atomic E-state index is 13.4. The summed E-state index contributed by atoms with van der Waals surface area (Å²) in [6.07, 6.45) is 4.08. The minimum atomic E-state index is -3.90. The molecule has 1 N–H and O–H groups in total. The highest BCUT2D eigenvalue weighted by Crippen LogP contribution is 2.24. The Hall–Kier alpha value is -2.36. The van der Waals surface area contributed by atoms with Gasteiger partial charge in [0.25, 0.3) is 0 Å². The van der Waals surface area contributed by atoms with Crippen LogP contribution in [-0.4, -0.2) is 41.7 Å². The predicted molar refractivity (Wildman–Crippen MR) is 116 cm³/mol. The molecule has 0 atom stereocenters. The monoisotopic (exact) mass is 432 g/mol. The largest absolute Gasteiger partial charge is 0.301 e. The number of anilines is 1. The molecule has 0 bridgehead atoms. The third-order valence-electron chi connectivity index (χ3n) is 4.41. The number of pyridine rings is 1. The molecule has 7 nitrogen and oxygen atoms in total. The molecule has 3 rings (SSSR count). The molecule has 1 aromatic carbocycles. The van der Waals surface area contributed by atoms with Gasteiger partial charge in [-0.15, -0.1) is 11.3 Å². The summed E-state index contributed by atoms with van der Waals surface area (Å²) in [7, 11) is -3.90. The van der Waals surface area contributed by atoms with E-state index in [0.717, 1.165) is 23.9 Å². The van der Waals surface area contributed by atoms with Gasteiger partial charge in [-0.3, -0.25) is 9.78 Å². The van der Waals surface area contributed by atoms with Gasteiger partial charge in [0.05, 0.1) is 17.8 Å². The minimum absolute atomic E-state index is 0.116. The van der Waals surface area contributed by atoms with Crippen molar-refractivity contribution in [3.63, 3.8) is 0 Å². The zero-order valence-electron chi connectivity index (χ0n) is 16.5. The smallest absolute Gasteiger partial charge is 0.245 e. The van der Waals surface area contributed by atoms with Crippen LogP contribution in [0.3, 0.4) is 0 Å². The van der Waals surface area contributed by atoms with Crippen LogP contribution in [0.1, 0.15) is 31.9 Å². The van der Waals surface area contributed by atoms with Crippen LogP contribution in [0.2, 0.25) is 0 Å². The van der Waals surface area contributed by atoms with E-state index >= 15 is 0 Å². The van der Waals surface area contributed by atoms with Gasteiger partial charge in [0, 0.05) is 23.5 Å². The van der Waals surface area contributed by atoms with Gasteiger partial charge in [0.15, 0.2) is 5.13 Å². The molecule has 9 heteroatoms. The Morgan fingerprint density at radius 3 is 2.72 bits per heavy atom. The molecule has 0 radical (unpaired) electrons. The second kappa shape index (κ2) is 9.43. The number of carbonyl (C=O) groups excluding carboxylic acids is 1. The Morgan fingerprint density at radius 1 is 1.21 bits per heavy atom. The molecule has 1 amide bonds. The average Bonchev–Trinajstić information content (AvgIpc) is 3.11. The van der Waals surface area contributed by atoms with Crippen LogP contribution in [-0.2, 0) is 14.8 Å². The molecule has 2 heterocycles. The number of para-hydroxylation sites is 1. The fraction of sp³-hybridized carbons (Fsp3) is 0.350. The number of aromatic nitrogens is 2. The summed E-state index contributed by atoms with van der Waals surface area (Å²) in [6.45, 7) is 3.88. The van der Waals surface area contributed by atoms with Gasteiger partial charge in [0.1, 0.15) is 4.90 Å². The Morgan fingerprint density at radius 2 is 2.00 bits per heavy atom. The molecule has 0 spiro atoms. The quantitative estimate of drug-likeness (QED) is 0.519. The summed E-state index contributed by atoms with van der Waals surface area (Å²) >= 11 is 1.31. The fourth-order valence-corrected chi connectivity index (χ4v) is 5.28. The maximum absolute atomic E-state index is 13.4. The van der Waals surface area contributed by atoms with E-state index in [0.29, 0.717) is 17.1 Å². The first-order chi connectivity index (χ1) is 13.9. The summed E-state index contributed by atoms with van der Waals surface area (Å²) in [5.41, 5.74) is 1.21. The van der Waals surface area contributed by atoms with Crippen LogP contribution in [0.15, 0.2) is 46.8 Å². The number of hydrogen-bond acceptors (Lipinski definition) is 6. The number of amides is 1. The lowest BCUT2D eigenvalue weighted by molar-refractivity contribution is -0.116. The number of aryl methyl sites for hydroxylation is 1. The van der Waals surface area contributed by atoms with Crippen molar-refractivity contribution in [1.29, 1.82) is 0 Å². The standard InChI is InChI=1S/C20H24N4O3S2/c1-3-4-5-12-24(13-18(25)23-20-22-15(2)14-28-20)29(26,27)17-10-6-8-16-9-7-11-21-19(16)17/h6-11,14H,3-5,12-13H2,1-2H3,(H,22,23,25). The van der Waals surface area contributed by atoms with Crippen molar-refractivity contribution in [2.24, 2.45) is 0 Å². The van der Waals surface area contributed by atoms with Crippen molar-refractivity contribution in [3.8, 4) is 0 Å². The second-order valence-corrected chi connectivity index (χ2v) is 9.48. The lowest BCUT2D eigenvalue weighted by atomic mass is 10.2. The van der Waals surface area contributed by atoms with Crippen molar-refractivity contribution in [2.45, 2.75) is 38.0 Å². The van der Waals surface area contributed by atoms with Gasteiger partial charge in [-0.1, -0.05) is 38.0 Å². The number of benzene rings is 1. The SMILES string of the molecule is CCCCCN(CC(=O)Nc1nc(C)cs1)S(=O)(=O)c1cccc2cccnc12. The molecule has 2 aromatic heterocycles. The third kappa shape index (κ3) is 5.17. The highest BCUT2D eigenvalue weighted by Gasteiger charge is 2.28. The maximum Gasteiger partial charge on any atom is 0.245 e. The van der Waals surface area contributed by atoms with E-state index in [1.54, 1.807) is 24.4 Å². The van der Waals surface area contributed by atoms with E-state index in [1.807, 2.05) is 31.4 Å². The van der Waals surface area contributed by atoms with Crippen LogP contribution in [0.25, 0.3) is 10.9 Å². The Kier molecular flexibility index (Phi) is 6.94. The zero-order chi connectivity index (χ0) is 20.9. The van der Waals surface area contributed by atoms with E-state index in [1.165, 1.54) is 15.6 Å². The number of nitrogens with zero attached hydrogens (tertiary/aromatic N) is 3. The van der Waals surface area contributed by atoms with Gasteiger partial charge >= 0.3 is 0 Å². The van der Waals surface area contributed by atoms with E-state index in [2.05, 4.69) is 15.3 Å². The number of carbonyl (C=O) groups is 1. The highest BCUT2D eigenvalue weighted by molar-refractivity contribution is 7.89. The van der Waals surface area contributed by atoms with Gasteiger partial charge in [-0.2, -0.15) is 4.31 Å². The van der Waals surface area contributed by atoms with Crippen molar-refractivity contribution < 1.29 is 13.2 Å². The van der Waals surface area contributed by atoms with Crippen molar-refractivity contribution in [2.75, 3.05) is 18.4 Å². The summed E-state index contributed by atoms with van der Waals surface area (Å²) in [6, 6.07) is 8.64. The van der Waals surface area contributed by atoms with Crippen molar-refractivity contribution >= 4 is 43.3 Å². The first-order valence-corrected chi connectivity index (χ1v) is 11.8. The zero-order valence-corrected chi connectivity index (χ0v) is 18.1. The molecule has 29 heavy (non-hydrogen) atoms. The number of rotatable bonds is 9. The summed E-state index contributed by atoms with van der Waals surface area (Å²) < 4.78 is 28.1. The molecule has 0 saturated heterocycles.